The van der Waals surface area contributed by atoms with E-state index in [2.05, 4.69) is 48.3 Å². The van der Waals surface area contributed by atoms with Gasteiger partial charge >= 0.3 is 0 Å². The van der Waals surface area contributed by atoms with E-state index in [1.165, 1.54) is 27.8 Å². The van der Waals surface area contributed by atoms with Crippen molar-refractivity contribution in [2.75, 3.05) is 0 Å². The van der Waals surface area contributed by atoms with Gasteiger partial charge in [-0.3, -0.25) is 4.98 Å². The number of aryl methyl sites for hydroxylation is 1. The lowest BCUT2D eigenvalue weighted by Gasteiger charge is -2.09. The van der Waals surface area contributed by atoms with Gasteiger partial charge in [0.1, 0.15) is 0 Å². The highest BCUT2D eigenvalue weighted by Gasteiger charge is 2.20. The first kappa shape index (κ1) is 9.49. The first-order chi connectivity index (χ1) is 10.6. The van der Waals surface area contributed by atoms with Gasteiger partial charge in [0, 0.05) is 11.8 Å². The lowest BCUT2D eigenvalue weighted by molar-refractivity contribution is 1.25. The number of rotatable bonds is 1. The van der Waals surface area contributed by atoms with Crippen LogP contribution in [0.25, 0.3) is 22.4 Å². The molecule has 0 atom stereocenters. The largest absolute Gasteiger partial charge is 0.256 e. The smallest absolute Gasteiger partial charge is 0.0702 e. The summed E-state index contributed by atoms with van der Waals surface area (Å²) >= 11 is 0. The van der Waals surface area contributed by atoms with Gasteiger partial charge in [-0.1, -0.05) is 30.3 Å². The van der Waals surface area contributed by atoms with Crippen LogP contribution in [0.2, 0.25) is 0 Å². The maximum atomic E-state index is 8.08. The highest BCUT2D eigenvalue weighted by atomic mass is 14.7. The zero-order valence-corrected chi connectivity index (χ0v) is 11.3. The fourth-order valence-electron chi connectivity index (χ4n) is 3.08. The maximum absolute atomic E-state index is 8.08. The van der Waals surface area contributed by atoms with Crippen molar-refractivity contribution in [3.63, 3.8) is 0 Å². The van der Waals surface area contributed by atoms with Crippen LogP contribution in [-0.4, -0.2) is 4.98 Å². The third kappa shape index (κ3) is 1.67. The molecule has 2 aromatic carbocycles. The van der Waals surface area contributed by atoms with Crippen molar-refractivity contribution in [3.05, 3.63) is 77.4 Å². The normalized spacial score (nSPS) is 13.4. The predicted molar refractivity (Wildman–Crippen MR) is 82.7 cm³/mol. The van der Waals surface area contributed by atoms with Gasteiger partial charge in [-0.15, -0.1) is 0 Å². The van der Waals surface area contributed by atoms with Crippen molar-refractivity contribution in [1.29, 1.82) is 0 Å². The third-order valence-electron chi connectivity index (χ3n) is 3.91. The summed E-state index contributed by atoms with van der Waals surface area (Å²) in [5, 5.41) is 0. The lowest BCUT2D eigenvalue weighted by atomic mass is 9.96. The van der Waals surface area contributed by atoms with Crippen LogP contribution in [0.4, 0.5) is 0 Å². The van der Waals surface area contributed by atoms with E-state index in [0.29, 0.717) is 5.69 Å². The van der Waals surface area contributed by atoms with Crippen molar-refractivity contribution >= 4 is 0 Å². The van der Waals surface area contributed by atoms with E-state index in [-0.39, 0.29) is 12.1 Å². The SMILES string of the molecule is [2H]c1ccnc(-c2cc(C)c3c(c2)Cc2ccccc2-3)c1[2H]. The Hall–Kier alpha value is -2.41. The van der Waals surface area contributed by atoms with E-state index in [1.54, 1.807) is 12.3 Å². The zero-order valence-electron chi connectivity index (χ0n) is 13.3. The molecule has 0 bridgehead atoms. The minimum atomic E-state index is 0.192. The number of nitrogens with zero attached hydrogens (tertiary/aromatic N) is 1. The van der Waals surface area contributed by atoms with Gasteiger partial charge in [0.25, 0.3) is 0 Å². The quantitative estimate of drug-likeness (QED) is 0.485. The fraction of sp³-hybridized carbons (Fsp3) is 0.105. The molecule has 4 rings (SSSR count). The summed E-state index contributed by atoms with van der Waals surface area (Å²) in [7, 11) is 0. The molecule has 1 nitrogen and oxygen atoms in total. The monoisotopic (exact) mass is 259 g/mol. The van der Waals surface area contributed by atoms with Crippen molar-refractivity contribution in [3.8, 4) is 22.4 Å². The number of hydrogen-bond donors (Lipinski definition) is 0. The van der Waals surface area contributed by atoms with Gasteiger partial charge < -0.3 is 0 Å². The van der Waals surface area contributed by atoms with Crippen molar-refractivity contribution in [2.45, 2.75) is 13.3 Å². The summed E-state index contributed by atoms with van der Waals surface area (Å²) < 4.78 is 15.9. The van der Waals surface area contributed by atoms with Crippen molar-refractivity contribution in [2.24, 2.45) is 0 Å². The number of benzene rings is 2. The Labute approximate surface area is 121 Å². The van der Waals surface area contributed by atoms with Crippen molar-refractivity contribution in [1.82, 2.24) is 4.98 Å². The molecule has 1 heterocycles. The summed E-state index contributed by atoms with van der Waals surface area (Å²) in [5.41, 5.74) is 7.99. The summed E-state index contributed by atoms with van der Waals surface area (Å²) in [6, 6.07) is 14.7. The molecule has 1 aliphatic carbocycles. The van der Waals surface area contributed by atoms with Crippen molar-refractivity contribution < 1.29 is 2.74 Å². The number of aromatic nitrogens is 1. The molecule has 3 aromatic rings. The maximum Gasteiger partial charge on any atom is 0.0702 e. The van der Waals surface area contributed by atoms with Gasteiger partial charge in [0.05, 0.1) is 8.44 Å². The zero-order chi connectivity index (χ0) is 15.3. The summed E-state index contributed by atoms with van der Waals surface area (Å²) in [5.74, 6) is 0. The van der Waals surface area contributed by atoms with Crippen LogP contribution in [0.15, 0.2) is 60.7 Å². The highest BCUT2D eigenvalue weighted by molar-refractivity contribution is 5.82. The molecule has 1 aromatic heterocycles. The van der Waals surface area contributed by atoms with Crippen LogP contribution in [0.5, 0.6) is 0 Å². The second-order valence-corrected chi connectivity index (χ2v) is 5.22. The Balaban J connectivity index is 1.92. The molecule has 0 saturated heterocycles. The standard InChI is InChI=1S/C19H15N/c1-13-10-15(18-8-4-5-9-20-18)12-16-11-14-6-2-3-7-17(14)19(13)16/h2-10,12H,11H2,1H3/i4D,8D. The Morgan fingerprint density at radius 3 is 2.95 bits per heavy atom. The summed E-state index contributed by atoms with van der Waals surface area (Å²) in [4.78, 5) is 4.32. The fourth-order valence-corrected chi connectivity index (χ4v) is 3.08. The Bertz CT molecular complexity index is 900. The first-order valence-corrected chi connectivity index (χ1v) is 6.79. The Morgan fingerprint density at radius 1 is 1.10 bits per heavy atom. The average molecular weight is 259 g/mol. The van der Waals surface area contributed by atoms with Gasteiger partial charge in [0.15, 0.2) is 0 Å². The van der Waals surface area contributed by atoms with Crippen LogP contribution in [-0.2, 0) is 6.42 Å². The third-order valence-corrected chi connectivity index (χ3v) is 3.91. The summed E-state index contributed by atoms with van der Waals surface area (Å²) in [6.45, 7) is 2.11. The molecule has 0 fully saturated rings. The van der Waals surface area contributed by atoms with Gasteiger partial charge in [-0.25, -0.2) is 0 Å². The van der Waals surface area contributed by atoms with E-state index in [0.717, 1.165) is 12.0 Å². The van der Waals surface area contributed by atoms with Gasteiger partial charge in [0.2, 0.25) is 0 Å². The number of hydrogen-bond acceptors (Lipinski definition) is 1. The van der Waals surface area contributed by atoms with Crippen LogP contribution < -0.4 is 0 Å². The topological polar surface area (TPSA) is 12.9 Å². The van der Waals surface area contributed by atoms with E-state index in [1.807, 2.05) is 0 Å². The molecule has 96 valence electrons. The van der Waals surface area contributed by atoms with E-state index >= 15 is 0 Å². The molecule has 1 heteroatoms. The minimum absolute atomic E-state index is 0.192. The number of pyridine rings is 1. The molecule has 0 N–H and O–H groups in total. The second kappa shape index (κ2) is 4.31. The average Bonchev–Trinajstić information content (AvgIpc) is 2.88. The second-order valence-electron chi connectivity index (χ2n) is 5.22. The molecular formula is C19H15N. The first-order valence-electron chi connectivity index (χ1n) is 7.79. The molecule has 0 aliphatic heterocycles. The molecule has 0 radical (unpaired) electrons. The summed E-state index contributed by atoms with van der Waals surface area (Å²) in [6.07, 6.45) is 2.53. The highest BCUT2D eigenvalue weighted by Crippen LogP contribution is 2.40. The molecule has 0 spiro atoms. The van der Waals surface area contributed by atoms with Crippen LogP contribution in [0.3, 0.4) is 0 Å². The van der Waals surface area contributed by atoms with Crippen LogP contribution in [0.1, 0.15) is 19.4 Å². The molecule has 0 amide bonds. The van der Waals surface area contributed by atoms with E-state index < -0.39 is 0 Å². The lowest BCUT2D eigenvalue weighted by Crippen LogP contribution is -1.89. The Kier molecular flexibility index (Phi) is 2.04. The van der Waals surface area contributed by atoms with Gasteiger partial charge in [-0.2, -0.15) is 0 Å². The van der Waals surface area contributed by atoms with Crippen LogP contribution >= 0.6 is 0 Å². The van der Waals surface area contributed by atoms with E-state index in [4.69, 9.17) is 2.74 Å². The minimum Gasteiger partial charge on any atom is -0.256 e. The predicted octanol–water partition coefficient (Wildman–Crippen LogP) is 4.63. The van der Waals surface area contributed by atoms with Gasteiger partial charge in [-0.05, 0) is 65.4 Å². The molecule has 20 heavy (non-hydrogen) atoms. The molecule has 0 unspecified atom stereocenters. The molecule has 1 aliphatic rings. The van der Waals surface area contributed by atoms with Crippen LogP contribution in [0, 0.1) is 6.92 Å². The molecule has 0 saturated carbocycles. The number of fused-ring (bicyclic) bond motifs is 3. The van der Waals surface area contributed by atoms with E-state index in [9.17, 15) is 0 Å². The molecular weight excluding hydrogens is 242 g/mol. The Morgan fingerprint density at radius 2 is 2.00 bits per heavy atom.